The lowest BCUT2D eigenvalue weighted by Crippen LogP contribution is -2.23. The van der Waals surface area contributed by atoms with Crippen molar-refractivity contribution in [3.05, 3.63) is 72.8 Å². The molecule has 4 aromatic rings. The van der Waals surface area contributed by atoms with Crippen molar-refractivity contribution in [1.82, 2.24) is 9.97 Å². The Kier molecular flexibility index (Phi) is 4.41. The monoisotopic (exact) mass is 383 g/mol. The van der Waals surface area contributed by atoms with Gasteiger partial charge in [0.25, 0.3) is 0 Å². The predicted molar refractivity (Wildman–Crippen MR) is 100.0 cm³/mol. The molecule has 1 aromatic carbocycles. The Morgan fingerprint density at radius 3 is 2.19 bits per heavy atom. The van der Waals surface area contributed by atoms with Crippen LogP contribution in [-0.4, -0.2) is 24.6 Å². The van der Waals surface area contributed by atoms with Gasteiger partial charge in [-0.2, -0.15) is 0 Å². The molecule has 7 nitrogen and oxygen atoms in total. The lowest BCUT2D eigenvalue weighted by Gasteiger charge is -2.23. The van der Waals surface area contributed by atoms with E-state index in [0.717, 1.165) is 11.5 Å². The molecule has 0 saturated carbocycles. The van der Waals surface area contributed by atoms with E-state index in [9.17, 15) is 8.42 Å². The summed E-state index contributed by atoms with van der Waals surface area (Å²) in [5, 5.41) is 0.651. The minimum Gasteiger partial charge on any atom is -0.467 e. The fraction of sp³-hybridized carbons (Fsp3) is 0.158. The molecule has 0 N–H and O–H groups in total. The molecule has 3 aromatic heterocycles. The van der Waals surface area contributed by atoms with Crippen LogP contribution >= 0.6 is 0 Å². The Morgan fingerprint density at radius 1 is 0.963 bits per heavy atom. The van der Waals surface area contributed by atoms with E-state index in [4.69, 9.17) is 8.83 Å². The molecule has 4 rings (SSSR count). The first-order valence-electron chi connectivity index (χ1n) is 8.25. The van der Waals surface area contributed by atoms with Crippen LogP contribution in [0.3, 0.4) is 0 Å². The zero-order valence-corrected chi connectivity index (χ0v) is 15.4. The maximum atomic E-state index is 12.0. The summed E-state index contributed by atoms with van der Waals surface area (Å²) in [5.41, 5.74) is 0.663. The molecular weight excluding hydrogens is 366 g/mol. The normalized spacial score (nSPS) is 11.7. The van der Waals surface area contributed by atoms with Crippen molar-refractivity contribution in [3.8, 4) is 0 Å². The molecule has 138 valence electrons. The third-order valence-electron chi connectivity index (χ3n) is 4.17. The van der Waals surface area contributed by atoms with Gasteiger partial charge in [0.2, 0.25) is 0 Å². The van der Waals surface area contributed by atoms with Crippen molar-refractivity contribution in [1.29, 1.82) is 0 Å². The van der Waals surface area contributed by atoms with Gasteiger partial charge in [0.15, 0.2) is 9.84 Å². The smallest absolute Gasteiger partial charge is 0.175 e. The Hall–Kier alpha value is -3.13. The lowest BCUT2D eigenvalue weighted by molar-refractivity contribution is 0.476. The SMILES string of the molecule is CS(=O)(=O)c1ccc2ncnc(N(Cc3ccco3)Cc3ccco3)c2c1. The second-order valence-corrected chi connectivity index (χ2v) is 8.18. The largest absolute Gasteiger partial charge is 0.467 e. The highest BCUT2D eigenvalue weighted by molar-refractivity contribution is 7.90. The molecule has 0 amide bonds. The van der Waals surface area contributed by atoms with E-state index in [2.05, 4.69) is 9.97 Å². The van der Waals surface area contributed by atoms with E-state index < -0.39 is 9.84 Å². The van der Waals surface area contributed by atoms with Crippen LogP contribution in [0.1, 0.15) is 11.5 Å². The summed E-state index contributed by atoms with van der Waals surface area (Å²) < 4.78 is 34.9. The van der Waals surface area contributed by atoms with Crippen molar-refractivity contribution < 1.29 is 17.3 Å². The van der Waals surface area contributed by atoms with E-state index in [1.54, 1.807) is 30.7 Å². The van der Waals surface area contributed by atoms with E-state index in [-0.39, 0.29) is 4.90 Å². The average Bonchev–Trinajstić information content (AvgIpc) is 3.33. The molecule has 8 heteroatoms. The molecule has 0 atom stereocenters. The molecule has 27 heavy (non-hydrogen) atoms. The second-order valence-electron chi connectivity index (χ2n) is 6.16. The van der Waals surface area contributed by atoms with Gasteiger partial charge in [0.05, 0.1) is 36.0 Å². The average molecular weight is 383 g/mol. The van der Waals surface area contributed by atoms with Crippen LogP contribution in [0.15, 0.2) is 75.0 Å². The van der Waals surface area contributed by atoms with Crippen molar-refractivity contribution in [2.24, 2.45) is 0 Å². The van der Waals surface area contributed by atoms with E-state index in [1.165, 1.54) is 12.6 Å². The highest BCUT2D eigenvalue weighted by Crippen LogP contribution is 2.28. The van der Waals surface area contributed by atoms with Crippen LogP contribution in [0.2, 0.25) is 0 Å². The number of rotatable bonds is 6. The molecule has 0 aliphatic heterocycles. The quantitative estimate of drug-likeness (QED) is 0.504. The van der Waals surface area contributed by atoms with E-state index in [1.807, 2.05) is 29.2 Å². The first-order valence-corrected chi connectivity index (χ1v) is 10.1. The number of hydrogen-bond acceptors (Lipinski definition) is 7. The van der Waals surface area contributed by atoms with Gasteiger partial charge in [0.1, 0.15) is 23.7 Å². The molecule has 0 bridgehead atoms. The van der Waals surface area contributed by atoms with Crippen molar-refractivity contribution in [2.75, 3.05) is 11.2 Å². The molecule has 0 fully saturated rings. The Bertz CT molecular complexity index is 1120. The topological polar surface area (TPSA) is 89.4 Å². The molecular formula is C19H17N3O4S. The summed E-state index contributed by atoms with van der Waals surface area (Å²) in [7, 11) is -3.35. The highest BCUT2D eigenvalue weighted by Gasteiger charge is 2.18. The minimum absolute atomic E-state index is 0.224. The number of sulfone groups is 1. The summed E-state index contributed by atoms with van der Waals surface area (Å²) >= 11 is 0. The van der Waals surface area contributed by atoms with Gasteiger partial charge >= 0.3 is 0 Å². The molecule has 0 spiro atoms. The fourth-order valence-corrected chi connectivity index (χ4v) is 3.54. The lowest BCUT2D eigenvalue weighted by atomic mass is 10.2. The highest BCUT2D eigenvalue weighted by atomic mass is 32.2. The molecule has 0 saturated heterocycles. The zero-order chi connectivity index (χ0) is 18.9. The van der Waals surface area contributed by atoms with Crippen LogP contribution in [0.4, 0.5) is 5.82 Å². The minimum atomic E-state index is -3.35. The van der Waals surface area contributed by atoms with Gasteiger partial charge in [-0.05, 0) is 42.5 Å². The summed E-state index contributed by atoms with van der Waals surface area (Å²) in [4.78, 5) is 10.9. The second kappa shape index (κ2) is 6.88. The van der Waals surface area contributed by atoms with Gasteiger partial charge < -0.3 is 13.7 Å². The van der Waals surface area contributed by atoms with Gasteiger partial charge in [-0.1, -0.05) is 0 Å². The number of benzene rings is 1. The van der Waals surface area contributed by atoms with E-state index >= 15 is 0 Å². The molecule has 0 aliphatic rings. The Morgan fingerprint density at radius 2 is 1.63 bits per heavy atom. The maximum absolute atomic E-state index is 12.0. The van der Waals surface area contributed by atoms with Crippen LogP contribution in [0.5, 0.6) is 0 Å². The molecule has 0 aliphatic carbocycles. The number of fused-ring (bicyclic) bond motifs is 1. The number of hydrogen-bond donors (Lipinski definition) is 0. The van der Waals surface area contributed by atoms with Crippen LogP contribution in [0.25, 0.3) is 10.9 Å². The van der Waals surface area contributed by atoms with Gasteiger partial charge in [0, 0.05) is 11.6 Å². The first kappa shape index (κ1) is 17.3. The van der Waals surface area contributed by atoms with Crippen LogP contribution in [0, 0.1) is 0 Å². The summed E-state index contributed by atoms with van der Waals surface area (Å²) in [6.07, 6.45) is 5.87. The number of nitrogens with zero attached hydrogens (tertiary/aromatic N) is 3. The third kappa shape index (κ3) is 3.70. The van der Waals surface area contributed by atoms with Gasteiger partial charge in [-0.15, -0.1) is 0 Å². The van der Waals surface area contributed by atoms with Crippen LogP contribution < -0.4 is 4.90 Å². The molecule has 0 radical (unpaired) electrons. The van der Waals surface area contributed by atoms with Crippen LogP contribution in [-0.2, 0) is 22.9 Å². The maximum Gasteiger partial charge on any atom is 0.175 e. The van der Waals surface area contributed by atoms with Gasteiger partial charge in [-0.3, -0.25) is 0 Å². The summed E-state index contributed by atoms with van der Waals surface area (Å²) in [5.74, 6) is 2.12. The Balaban J connectivity index is 1.83. The van der Waals surface area contributed by atoms with Crippen molar-refractivity contribution in [3.63, 3.8) is 0 Å². The number of furan rings is 2. The van der Waals surface area contributed by atoms with Crippen molar-refractivity contribution in [2.45, 2.75) is 18.0 Å². The van der Waals surface area contributed by atoms with Crippen molar-refractivity contribution >= 4 is 26.6 Å². The predicted octanol–water partition coefficient (Wildman–Crippen LogP) is 3.43. The Labute approximate surface area is 156 Å². The standard InChI is InChI=1S/C19H17N3O4S/c1-27(23,24)16-6-7-18-17(10-16)19(21-13-20-18)22(11-14-4-2-8-25-14)12-15-5-3-9-26-15/h2-10,13H,11-12H2,1H3. The first-order chi connectivity index (χ1) is 13.0. The third-order valence-corrected chi connectivity index (χ3v) is 5.28. The molecule has 0 unspecified atom stereocenters. The zero-order valence-electron chi connectivity index (χ0n) is 14.6. The summed E-state index contributed by atoms with van der Waals surface area (Å²) in [6, 6.07) is 12.2. The molecule has 3 heterocycles. The van der Waals surface area contributed by atoms with E-state index in [0.29, 0.717) is 29.8 Å². The number of aromatic nitrogens is 2. The number of anilines is 1. The van der Waals surface area contributed by atoms with Gasteiger partial charge in [-0.25, -0.2) is 18.4 Å². The fourth-order valence-electron chi connectivity index (χ4n) is 2.89. The summed E-state index contributed by atoms with van der Waals surface area (Å²) in [6.45, 7) is 0.895.